The molecule has 0 N–H and O–H groups in total. The Morgan fingerprint density at radius 1 is 1.05 bits per heavy atom. The first-order valence-corrected chi connectivity index (χ1v) is 9.71. The summed E-state index contributed by atoms with van der Waals surface area (Å²) in [5.41, 5.74) is 1.69. The summed E-state index contributed by atoms with van der Waals surface area (Å²) >= 11 is -0.134. The third-order valence-electron chi connectivity index (χ3n) is 3.62. The molecule has 2 heteroatoms. The van der Waals surface area contributed by atoms with Gasteiger partial charge in [0.25, 0.3) is 0 Å². The average molecular weight is 372 g/mol. The molecule has 0 radical (unpaired) electrons. The summed E-state index contributed by atoms with van der Waals surface area (Å²) in [6, 6.07) is 6.70. The Kier molecular flexibility index (Phi) is 5.79. The maximum absolute atomic E-state index is 5.37. The van der Waals surface area contributed by atoms with Crippen LogP contribution in [0.2, 0.25) is 0 Å². The molecule has 1 heterocycles. The fourth-order valence-corrected chi connectivity index (χ4v) is 6.25. The maximum atomic E-state index is 5.37. The van der Waals surface area contributed by atoms with E-state index in [4.69, 9.17) is 4.74 Å². The summed E-state index contributed by atoms with van der Waals surface area (Å²) < 4.78 is 8.78. The van der Waals surface area contributed by atoms with Crippen molar-refractivity contribution in [2.75, 3.05) is 7.11 Å². The van der Waals surface area contributed by atoms with Gasteiger partial charge in [-0.3, -0.25) is 0 Å². The second-order valence-electron chi connectivity index (χ2n) is 5.07. The van der Waals surface area contributed by atoms with Crippen molar-refractivity contribution >= 4 is 29.2 Å². The molecule has 0 saturated carbocycles. The van der Waals surface area contributed by atoms with Gasteiger partial charge in [-0.25, -0.2) is 0 Å². The molecule has 1 aromatic heterocycles. The van der Waals surface area contributed by atoms with Crippen molar-refractivity contribution in [3.8, 4) is 5.75 Å². The van der Waals surface area contributed by atoms with Gasteiger partial charge in [-0.1, -0.05) is 0 Å². The van der Waals surface area contributed by atoms with Gasteiger partial charge < -0.3 is 0 Å². The summed E-state index contributed by atoms with van der Waals surface area (Å²) in [5, 5.41) is 1.54. The Hall–Kier alpha value is -0.450. The van der Waals surface area contributed by atoms with Crippen LogP contribution in [0, 0.1) is 0 Å². The van der Waals surface area contributed by atoms with E-state index in [0.717, 1.165) is 5.75 Å². The SMILES string of the molecule is CCCCc1[te]c2cc(OC)ccc2c1CCCC. The Labute approximate surface area is 126 Å². The van der Waals surface area contributed by atoms with Crippen LogP contribution < -0.4 is 4.74 Å². The summed E-state index contributed by atoms with van der Waals surface area (Å²) in [7, 11) is 1.76. The average Bonchev–Trinajstić information content (AvgIpc) is 2.79. The zero-order valence-electron chi connectivity index (χ0n) is 12.3. The minimum atomic E-state index is -0.134. The van der Waals surface area contributed by atoms with Crippen LogP contribution >= 0.6 is 0 Å². The summed E-state index contributed by atoms with van der Waals surface area (Å²) in [6.45, 7) is 4.57. The van der Waals surface area contributed by atoms with Gasteiger partial charge in [0.15, 0.2) is 0 Å². The molecule has 2 rings (SSSR count). The molecule has 0 aliphatic rings. The van der Waals surface area contributed by atoms with Gasteiger partial charge >= 0.3 is 127 Å². The van der Waals surface area contributed by atoms with E-state index in [-0.39, 0.29) is 20.4 Å². The molecule has 0 aliphatic heterocycles. The minimum absolute atomic E-state index is 0.134. The predicted octanol–water partition coefficient (Wildman–Crippen LogP) is 4.59. The molecule has 104 valence electrons. The molecule has 0 bridgehead atoms. The number of hydrogen-bond donors (Lipinski definition) is 0. The van der Waals surface area contributed by atoms with Gasteiger partial charge in [0.2, 0.25) is 0 Å². The van der Waals surface area contributed by atoms with Crippen LogP contribution in [-0.2, 0) is 12.8 Å². The molecule has 0 unspecified atom stereocenters. The predicted molar refractivity (Wildman–Crippen MR) is 84.7 cm³/mol. The quantitative estimate of drug-likeness (QED) is 0.647. The number of methoxy groups -OCH3 is 1. The summed E-state index contributed by atoms with van der Waals surface area (Å²) in [6.07, 6.45) is 7.87. The van der Waals surface area contributed by atoms with Crippen LogP contribution in [-0.4, -0.2) is 27.5 Å². The van der Waals surface area contributed by atoms with Gasteiger partial charge in [-0.2, -0.15) is 0 Å². The molecule has 0 saturated heterocycles. The molecule has 0 atom stereocenters. The van der Waals surface area contributed by atoms with Crippen LogP contribution in [0.3, 0.4) is 0 Å². The second kappa shape index (κ2) is 7.36. The van der Waals surface area contributed by atoms with Crippen molar-refractivity contribution in [2.45, 2.75) is 52.4 Å². The Morgan fingerprint density at radius 2 is 1.79 bits per heavy atom. The van der Waals surface area contributed by atoms with E-state index in [9.17, 15) is 0 Å². The number of benzene rings is 1. The number of aryl methyl sites for hydroxylation is 2. The van der Waals surface area contributed by atoms with E-state index in [1.165, 1.54) is 38.5 Å². The fourth-order valence-electron chi connectivity index (χ4n) is 2.47. The van der Waals surface area contributed by atoms with Gasteiger partial charge in [0.1, 0.15) is 0 Å². The number of fused-ring (bicyclic) bond motifs is 1. The van der Waals surface area contributed by atoms with Crippen LogP contribution in [0.25, 0.3) is 8.79 Å². The van der Waals surface area contributed by atoms with Crippen LogP contribution in [0.5, 0.6) is 5.75 Å². The van der Waals surface area contributed by atoms with Crippen molar-refractivity contribution in [1.29, 1.82) is 0 Å². The van der Waals surface area contributed by atoms with Crippen molar-refractivity contribution in [3.05, 3.63) is 27.3 Å². The molecule has 1 aromatic carbocycles. The molecule has 0 aliphatic carbocycles. The van der Waals surface area contributed by atoms with E-state index in [0.29, 0.717) is 0 Å². The van der Waals surface area contributed by atoms with E-state index in [1.54, 1.807) is 21.5 Å². The first-order valence-electron chi connectivity index (χ1n) is 7.38. The Morgan fingerprint density at radius 3 is 2.47 bits per heavy atom. The van der Waals surface area contributed by atoms with Crippen molar-refractivity contribution in [2.24, 2.45) is 0 Å². The molecule has 0 fully saturated rings. The Balaban J connectivity index is 2.39. The third-order valence-corrected chi connectivity index (χ3v) is 7.20. The standard InChI is InChI=1S/C17H24OTe/c1-4-6-8-14-15-11-10-13(18-3)12-17(15)19-16(14)9-7-5-2/h10-12H,4-9H2,1-3H3. The van der Waals surface area contributed by atoms with Crippen LogP contribution in [0.4, 0.5) is 0 Å². The number of hydrogen-bond acceptors (Lipinski definition) is 1. The first kappa shape index (κ1) is 14.9. The van der Waals surface area contributed by atoms with E-state index >= 15 is 0 Å². The Bertz CT molecular complexity index is 527. The molecule has 19 heavy (non-hydrogen) atoms. The van der Waals surface area contributed by atoms with Gasteiger partial charge in [0.05, 0.1) is 0 Å². The fraction of sp³-hybridized carbons (Fsp3) is 0.529. The van der Waals surface area contributed by atoms with Crippen molar-refractivity contribution < 1.29 is 4.74 Å². The van der Waals surface area contributed by atoms with Gasteiger partial charge in [-0.05, 0) is 0 Å². The molecular formula is C17H24OTe. The molecule has 1 nitrogen and oxygen atoms in total. The molecule has 0 spiro atoms. The topological polar surface area (TPSA) is 9.23 Å². The monoisotopic (exact) mass is 374 g/mol. The van der Waals surface area contributed by atoms with E-state index in [2.05, 4.69) is 32.0 Å². The van der Waals surface area contributed by atoms with E-state index < -0.39 is 0 Å². The van der Waals surface area contributed by atoms with Gasteiger partial charge in [-0.15, -0.1) is 0 Å². The van der Waals surface area contributed by atoms with Crippen molar-refractivity contribution in [3.63, 3.8) is 0 Å². The first-order chi connectivity index (χ1) is 9.30. The number of unbranched alkanes of at least 4 members (excludes halogenated alkanes) is 2. The normalized spacial score (nSPS) is 11.1. The zero-order valence-corrected chi connectivity index (χ0v) is 14.6. The summed E-state index contributed by atoms with van der Waals surface area (Å²) in [4.78, 5) is 0. The number of ether oxygens (including phenoxy) is 1. The van der Waals surface area contributed by atoms with Gasteiger partial charge in [0, 0.05) is 0 Å². The van der Waals surface area contributed by atoms with Crippen LogP contribution in [0.15, 0.2) is 18.2 Å². The van der Waals surface area contributed by atoms with Crippen LogP contribution in [0.1, 0.15) is 48.7 Å². The molecular weight excluding hydrogens is 348 g/mol. The molecule has 0 amide bonds. The second-order valence-corrected chi connectivity index (χ2v) is 8.32. The van der Waals surface area contributed by atoms with Crippen molar-refractivity contribution in [1.82, 2.24) is 0 Å². The molecule has 2 aromatic rings. The summed E-state index contributed by atoms with van der Waals surface area (Å²) in [5.74, 6) is 1.02. The third kappa shape index (κ3) is 3.55. The number of rotatable bonds is 7. The zero-order chi connectivity index (χ0) is 13.7. The van der Waals surface area contributed by atoms with E-state index in [1.807, 2.05) is 3.58 Å².